The molecule has 0 aliphatic rings. The van der Waals surface area contributed by atoms with E-state index in [0.29, 0.717) is 12.8 Å². The van der Waals surface area contributed by atoms with Gasteiger partial charge in [-0.2, -0.15) is 0 Å². The number of hydrogen-bond donors (Lipinski definition) is 1. The Morgan fingerprint density at radius 2 is 0.467 bits per heavy atom. The fourth-order valence-corrected chi connectivity index (χ4v) is 12.9. The van der Waals surface area contributed by atoms with Gasteiger partial charge in [-0.15, -0.1) is 0 Å². The van der Waals surface area contributed by atoms with Gasteiger partial charge in [-0.3, -0.25) is 9.59 Å². The SMILES string of the molecule is CC/C=C\C/C=C\C/C=C\C/C=C\C/C=C\C/C=C\CCCCCCCCCCCCCCCCCCCCCCCCC(=O)OC(CO)COC(=O)CCCCCCCCCCCCCCCCCCCCCCCCCCCCCCCCCCCCCCC. The van der Waals surface area contributed by atoms with Crippen LogP contribution >= 0.6 is 0 Å². The Labute approximate surface area is 575 Å². The van der Waals surface area contributed by atoms with Crippen molar-refractivity contribution in [3.63, 3.8) is 0 Å². The van der Waals surface area contributed by atoms with E-state index >= 15 is 0 Å². The average molecular weight is 1290 g/mol. The summed E-state index contributed by atoms with van der Waals surface area (Å²) < 4.78 is 10.8. The standard InChI is InChI=1S/C87H160O5/c1-3-5-7-9-11-13-15-17-19-21-23-25-27-29-31-33-35-37-39-41-42-43-44-46-48-50-52-54-56-58-60-62-64-66-68-70-72-74-76-78-80-82-87(90)92-85(83-88)84-91-86(89)81-79-77-75-73-71-69-67-65-63-61-59-57-55-53-51-49-47-45-40-38-36-34-32-30-28-26-24-22-20-18-16-14-12-10-8-6-4-2/h5,7,11,13,17,19,23,25,29,31,35,37,85,88H,3-4,6,8-10,12,14-16,18,20-22,24,26-28,30,32-34,36,38-84H2,1-2H3/b7-5-,13-11-,19-17-,25-23-,31-29-,37-35-. The molecular formula is C87H160O5. The van der Waals surface area contributed by atoms with E-state index in [0.717, 1.165) is 70.6 Å². The van der Waals surface area contributed by atoms with Crippen LogP contribution in [-0.2, 0) is 19.1 Å². The van der Waals surface area contributed by atoms with Gasteiger partial charge < -0.3 is 14.6 Å². The van der Waals surface area contributed by atoms with E-state index in [4.69, 9.17) is 9.47 Å². The number of aliphatic hydroxyl groups is 1. The van der Waals surface area contributed by atoms with Gasteiger partial charge in [0.1, 0.15) is 6.61 Å². The van der Waals surface area contributed by atoms with Crippen LogP contribution in [0, 0.1) is 0 Å². The van der Waals surface area contributed by atoms with Crippen LogP contribution in [0.2, 0.25) is 0 Å². The second kappa shape index (κ2) is 82.6. The van der Waals surface area contributed by atoms with Gasteiger partial charge in [-0.05, 0) is 64.2 Å². The summed E-state index contributed by atoms with van der Waals surface area (Å²) in [5.41, 5.74) is 0. The van der Waals surface area contributed by atoms with Crippen molar-refractivity contribution in [2.24, 2.45) is 0 Å². The Kier molecular flexibility index (Phi) is 80.2. The third-order valence-corrected chi connectivity index (χ3v) is 19.0. The minimum atomic E-state index is -0.772. The van der Waals surface area contributed by atoms with Gasteiger partial charge in [0, 0.05) is 12.8 Å². The summed E-state index contributed by atoms with van der Waals surface area (Å²) in [4.78, 5) is 24.7. The molecule has 0 fully saturated rings. The molecule has 92 heavy (non-hydrogen) atoms. The molecule has 5 nitrogen and oxygen atoms in total. The van der Waals surface area contributed by atoms with Gasteiger partial charge in [-0.25, -0.2) is 0 Å². The van der Waals surface area contributed by atoms with E-state index in [9.17, 15) is 14.7 Å². The summed E-state index contributed by atoms with van der Waals surface area (Å²) in [6.45, 7) is 4.09. The van der Waals surface area contributed by atoms with Gasteiger partial charge in [0.05, 0.1) is 6.61 Å². The fraction of sp³-hybridized carbons (Fsp3) is 0.839. The summed E-state index contributed by atoms with van der Waals surface area (Å²) in [5.74, 6) is -0.564. The van der Waals surface area contributed by atoms with Crippen molar-refractivity contribution in [2.45, 2.75) is 457 Å². The zero-order chi connectivity index (χ0) is 66.1. The molecule has 0 saturated carbocycles. The Morgan fingerprint density at radius 1 is 0.261 bits per heavy atom. The van der Waals surface area contributed by atoms with Crippen molar-refractivity contribution in [1.29, 1.82) is 0 Å². The number of hydrogen-bond acceptors (Lipinski definition) is 5. The topological polar surface area (TPSA) is 72.8 Å². The monoisotopic (exact) mass is 1290 g/mol. The molecule has 0 amide bonds. The van der Waals surface area contributed by atoms with Crippen LogP contribution in [0.5, 0.6) is 0 Å². The van der Waals surface area contributed by atoms with Crippen molar-refractivity contribution in [3.8, 4) is 0 Å². The smallest absolute Gasteiger partial charge is 0.306 e. The molecular weight excluding hydrogens is 1120 g/mol. The molecule has 1 atom stereocenters. The van der Waals surface area contributed by atoms with Crippen molar-refractivity contribution in [1.82, 2.24) is 0 Å². The minimum absolute atomic E-state index is 0.0597. The van der Waals surface area contributed by atoms with Gasteiger partial charge in [0.2, 0.25) is 0 Å². The van der Waals surface area contributed by atoms with Crippen molar-refractivity contribution >= 4 is 11.9 Å². The summed E-state index contributed by atoms with van der Waals surface area (Å²) in [5, 5.41) is 9.74. The molecule has 0 spiro atoms. The highest BCUT2D eigenvalue weighted by molar-refractivity contribution is 5.70. The van der Waals surface area contributed by atoms with Crippen LogP contribution in [0.15, 0.2) is 72.9 Å². The molecule has 0 bridgehead atoms. The summed E-state index contributed by atoms with van der Waals surface area (Å²) >= 11 is 0. The van der Waals surface area contributed by atoms with Crippen LogP contribution in [0.1, 0.15) is 450 Å². The molecule has 0 saturated heterocycles. The second-order valence-electron chi connectivity index (χ2n) is 28.2. The first kappa shape index (κ1) is 89.3. The molecule has 0 rings (SSSR count). The molecule has 0 aliphatic carbocycles. The number of rotatable bonds is 78. The molecule has 1 N–H and O–H groups in total. The number of aliphatic hydroxyl groups excluding tert-OH is 1. The number of carbonyl (C=O) groups excluding carboxylic acids is 2. The van der Waals surface area contributed by atoms with E-state index in [1.807, 2.05) is 0 Å². The van der Waals surface area contributed by atoms with E-state index in [-0.39, 0.29) is 25.2 Å². The third-order valence-electron chi connectivity index (χ3n) is 19.0. The Hall–Kier alpha value is -2.66. The Balaban J connectivity index is 3.37. The van der Waals surface area contributed by atoms with Crippen LogP contribution in [0.25, 0.3) is 0 Å². The predicted molar refractivity (Wildman–Crippen MR) is 408 cm³/mol. The first-order chi connectivity index (χ1) is 45.6. The predicted octanol–water partition coefficient (Wildman–Crippen LogP) is 29.3. The molecule has 5 heteroatoms. The minimum Gasteiger partial charge on any atom is -0.462 e. The fourth-order valence-electron chi connectivity index (χ4n) is 12.9. The lowest BCUT2D eigenvalue weighted by atomic mass is 10.0. The molecule has 0 aromatic rings. The molecule has 0 radical (unpaired) electrons. The van der Waals surface area contributed by atoms with Crippen LogP contribution in [-0.4, -0.2) is 36.4 Å². The summed E-state index contributed by atoms with van der Waals surface area (Å²) in [6.07, 6.45) is 116. The van der Waals surface area contributed by atoms with Crippen LogP contribution in [0.4, 0.5) is 0 Å². The molecule has 1 unspecified atom stereocenters. The molecule has 0 aromatic carbocycles. The average Bonchev–Trinajstić information content (AvgIpc) is 3.64. The van der Waals surface area contributed by atoms with Crippen LogP contribution in [0.3, 0.4) is 0 Å². The van der Waals surface area contributed by atoms with E-state index in [1.165, 1.54) is 353 Å². The van der Waals surface area contributed by atoms with Crippen molar-refractivity contribution < 1.29 is 24.2 Å². The largest absolute Gasteiger partial charge is 0.462 e. The molecule has 0 aliphatic heterocycles. The second-order valence-corrected chi connectivity index (χ2v) is 28.2. The van der Waals surface area contributed by atoms with Crippen molar-refractivity contribution in [3.05, 3.63) is 72.9 Å². The first-order valence-corrected chi connectivity index (χ1v) is 41.5. The molecule has 0 aromatic heterocycles. The zero-order valence-electron chi connectivity index (χ0n) is 62.1. The maximum absolute atomic E-state index is 12.4. The Bertz CT molecular complexity index is 1600. The van der Waals surface area contributed by atoms with Crippen molar-refractivity contribution in [2.75, 3.05) is 13.2 Å². The van der Waals surface area contributed by atoms with Gasteiger partial charge in [0.15, 0.2) is 6.10 Å². The van der Waals surface area contributed by atoms with Gasteiger partial charge in [-0.1, -0.05) is 446 Å². The highest BCUT2D eigenvalue weighted by Gasteiger charge is 2.16. The number of ether oxygens (including phenoxy) is 2. The highest BCUT2D eigenvalue weighted by Crippen LogP contribution is 2.20. The highest BCUT2D eigenvalue weighted by atomic mass is 16.6. The first-order valence-electron chi connectivity index (χ1n) is 41.5. The Morgan fingerprint density at radius 3 is 0.707 bits per heavy atom. The van der Waals surface area contributed by atoms with Crippen LogP contribution < -0.4 is 0 Å². The quantitative estimate of drug-likeness (QED) is 0.0373. The number of unbranched alkanes of at least 4 members (excludes halogenated alkanes) is 58. The third kappa shape index (κ3) is 79.8. The summed E-state index contributed by atoms with van der Waals surface area (Å²) in [7, 11) is 0. The van der Waals surface area contributed by atoms with Gasteiger partial charge in [0.25, 0.3) is 0 Å². The molecule has 538 valence electrons. The number of carbonyl (C=O) groups is 2. The maximum atomic E-state index is 12.4. The summed E-state index contributed by atoms with van der Waals surface area (Å²) in [6, 6.07) is 0. The van der Waals surface area contributed by atoms with E-state index in [1.54, 1.807) is 0 Å². The maximum Gasteiger partial charge on any atom is 0.306 e. The normalized spacial score (nSPS) is 12.5. The molecule has 0 heterocycles. The lowest BCUT2D eigenvalue weighted by Crippen LogP contribution is -2.28. The number of allylic oxidation sites excluding steroid dienone is 12. The lowest BCUT2D eigenvalue weighted by Gasteiger charge is -2.15. The lowest BCUT2D eigenvalue weighted by molar-refractivity contribution is -0.161. The number of esters is 2. The van der Waals surface area contributed by atoms with E-state index < -0.39 is 6.10 Å². The van der Waals surface area contributed by atoms with Gasteiger partial charge >= 0.3 is 11.9 Å². The van der Waals surface area contributed by atoms with E-state index in [2.05, 4.69) is 86.8 Å². The zero-order valence-corrected chi connectivity index (χ0v) is 62.1.